The van der Waals surface area contributed by atoms with Crippen molar-refractivity contribution >= 4 is 22.5 Å². The van der Waals surface area contributed by atoms with Crippen LogP contribution in [-0.4, -0.2) is 39.5 Å². The standard InChI is InChI=1S/C18H21N3O2S/c1-24(23)17-4-2-16(3-5-17)20-18(22)21-12-8-15(9-13-21)14-6-10-19-11-7-14/h2-7,10-11,15H,8-9,12-13H2,1H3,(H,20,22)/t24-/m1/s1. The van der Waals surface area contributed by atoms with Gasteiger partial charge < -0.3 is 10.2 Å². The van der Waals surface area contributed by atoms with Gasteiger partial charge in [0.1, 0.15) is 0 Å². The van der Waals surface area contributed by atoms with Gasteiger partial charge in [-0.05, 0) is 60.7 Å². The van der Waals surface area contributed by atoms with Crippen LogP contribution in [0.3, 0.4) is 0 Å². The average molecular weight is 343 g/mol. The summed E-state index contributed by atoms with van der Waals surface area (Å²) in [6, 6.07) is 11.2. The molecule has 0 radical (unpaired) electrons. The van der Waals surface area contributed by atoms with Crippen molar-refractivity contribution in [3.63, 3.8) is 0 Å². The minimum Gasteiger partial charge on any atom is -0.324 e. The third-order valence-electron chi connectivity index (χ3n) is 4.40. The highest BCUT2D eigenvalue weighted by Crippen LogP contribution is 2.27. The van der Waals surface area contributed by atoms with Gasteiger partial charge in [0.15, 0.2) is 0 Å². The number of hydrogen-bond donors (Lipinski definition) is 1. The third-order valence-corrected chi connectivity index (χ3v) is 5.33. The fourth-order valence-electron chi connectivity index (χ4n) is 2.98. The Hall–Kier alpha value is -2.21. The van der Waals surface area contributed by atoms with Gasteiger partial charge in [0.25, 0.3) is 0 Å². The van der Waals surface area contributed by atoms with E-state index >= 15 is 0 Å². The van der Waals surface area contributed by atoms with E-state index in [1.165, 1.54) is 5.56 Å². The van der Waals surface area contributed by atoms with E-state index in [1.54, 1.807) is 30.5 Å². The lowest BCUT2D eigenvalue weighted by Gasteiger charge is -2.32. The van der Waals surface area contributed by atoms with Crippen LogP contribution in [0.4, 0.5) is 10.5 Å². The van der Waals surface area contributed by atoms with E-state index in [-0.39, 0.29) is 6.03 Å². The van der Waals surface area contributed by atoms with E-state index in [0.717, 1.165) is 36.5 Å². The number of aromatic nitrogens is 1. The molecule has 0 unspecified atom stereocenters. The van der Waals surface area contributed by atoms with E-state index < -0.39 is 10.8 Å². The Morgan fingerprint density at radius 2 is 1.75 bits per heavy atom. The van der Waals surface area contributed by atoms with Crippen LogP contribution in [0, 0.1) is 0 Å². The SMILES string of the molecule is C[S@@](=O)c1ccc(NC(=O)N2CCC(c3ccncc3)CC2)cc1. The smallest absolute Gasteiger partial charge is 0.321 e. The number of nitrogens with zero attached hydrogens (tertiary/aromatic N) is 2. The van der Waals surface area contributed by atoms with Gasteiger partial charge in [-0.2, -0.15) is 0 Å². The number of urea groups is 1. The predicted molar refractivity (Wildman–Crippen MR) is 95.6 cm³/mol. The summed E-state index contributed by atoms with van der Waals surface area (Å²) >= 11 is 0. The number of pyridine rings is 1. The van der Waals surface area contributed by atoms with Gasteiger partial charge in [-0.25, -0.2) is 4.79 Å². The number of benzene rings is 1. The van der Waals surface area contributed by atoms with Crippen molar-refractivity contribution in [2.24, 2.45) is 0 Å². The molecule has 6 heteroatoms. The summed E-state index contributed by atoms with van der Waals surface area (Å²) in [4.78, 5) is 19.0. The van der Waals surface area contributed by atoms with Crippen LogP contribution in [0.15, 0.2) is 53.7 Å². The summed E-state index contributed by atoms with van der Waals surface area (Å²) < 4.78 is 11.4. The Kier molecular flexibility index (Phi) is 5.25. The molecular weight excluding hydrogens is 322 g/mol. The second-order valence-electron chi connectivity index (χ2n) is 5.95. The minimum atomic E-state index is -1.00. The fourth-order valence-corrected chi connectivity index (χ4v) is 3.50. The van der Waals surface area contributed by atoms with Crippen LogP contribution in [0.25, 0.3) is 0 Å². The Bertz CT molecular complexity index is 711. The maximum absolute atomic E-state index is 12.4. The second-order valence-corrected chi connectivity index (χ2v) is 7.33. The van der Waals surface area contributed by atoms with Crippen LogP contribution < -0.4 is 5.32 Å². The number of carbonyl (C=O) groups excluding carboxylic acids is 1. The maximum Gasteiger partial charge on any atom is 0.321 e. The van der Waals surface area contributed by atoms with Crippen molar-refractivity contribution in [1.29, 1.82) is 0 Å². The van der Waals surface area contributed by atoms with Crippen LogP contribution in [0.5, 0.6) is 0 Å². The number of nitrogens with one attached hydrogen (secondary N) is 1. The molecule has 5 nitrogen and oxygen atoms in total. The molecule has 1 aliphatic rings. The third kappa shape index (κ3) is 4.00. The van der Waals surface area contributed by atoms with Crippen molar-refractivity contribution in [2.45, 2.75) is 23.7 Å². The zero-order valence-electron chi connectivity index (χ0n) is 13.6. The zero-order chi connectivity index (χ0) is 16.9. The highest BCUT2D eigenvalue weighted by molar-refractivity contribution is 7.84. The largest absolute Gasteiger partial charge is 0.324 e. The zero-order valence-corrected chi connectivity index (χ0v) is 14.5. The first-order valence-corrected chi connectivity index (χ1v) is 9.58. The van der Waals surface area contributed by atoms with Crippen molar-refractivity contribution in [3.05, 3.63) is 54.4 Å². The highest BCUT2D eigenvalue weighted by Gasteiger charge is 2.23. The molecule has 1 fully saturated rings. The van der Waals surface area contributed by atoms with Gasteiger partial charge >= 0.3 is 6.03 Å². The molecule has 1 saturated heterocycles. The Labute approximate surface area is 144 Å². The molecule has 2 aromatic rings. The summed E-state index contributed by atoms with van der Waals surface area (Å²) in [5.74, 6) is 0.496. The van der Waals surface area contributed by atoms with Crippen LogP contribution in [0.1, 0.15) is 24.3 Å². The molecule has 1 aromatic carbocycles. The molecule has 1 aromatic heterocycles. The predicted octanol–water partition coefficient (Wildman–Crippen LogP) is 3.23. The van der Waals surface area contributed by atoms with Gasteiger partial charge in [0.2, 0.25) is 0 Å². The number of rotatable bonds is 3. The van der Waals surface area contributed by atoms with Crippen LogP contribution >= 0.6 is 0 Å². The van der Waals surface area contributed by atoms with E-state index in [4.69, 9.17) is 0 Å². The normalized spacial score (nSPS) is 16.6. The molecule has 2 heterocycles. The van der Waals surface area contributed by atoms with Gasteiger partial charge in [0.05, 0.1) is 0 Å². The molecule has 1 atom stereocenters. The first kappa shape index (κ1) is 16.6. The lowest BCUT2D eigenvalue weighted by Crippen LogP contribution is -2.40. The van der Waals surface area contributed by atoms with Crippen molar-refractivity contribution in [1.82, 2.24) is 9.88 Å². The van der Waals surface area contributed by atoms with Gasteiger partial charge in [-0.15, -0.1) is 0 Å². The van der Waals surface area contributed by atoms with E-state index in [9.17, 15) is 9.00 Å². The van der Waals surface area contributed by atoms with Gasteiger partial charge in [-0.3, -0.25) is 9.19 Å². The molecule has 0 aliphatic carbocycles. The van der Waals surface area contributed by atoms with Crippen LogP contribution in [-0.2, 0) is 10.8 Å². The number of anilines is 1. The summed E-state index contributed by atoms with van der Waals surface area (Å²) in [6.45, 7) is 1.49. The second kappa shape index (κ2) is 7.57. The van der Waals surface area contributed by atoms with Gasteiger partial charge in [0, 0.05) is 53.1 Å². The Morgan fingerprint density at radius 1 is 1.12 bits per heavy atom. The number of hydrogen-bond acceptors (Lipinski definition) is 3. The topological polar surface area (TPSA) is 62.3 Å². The lowest BCUT2D eigenvalue weighted by molar-refractivity contribution is 0.194. The molecule has 2 amide bonds. The molecule has 126 valence electrons. The van der Waals surface area contributed by atoms with Crippen molar-refractivity contribution in [3.8, 4) is 0 Å². The molecule has 3 rings (SSSR count). The average Bonchev–Trinajstić information content (AvgIpc) is 2.63. The monoisotopic (exact) mass is 343 g/mol. The highest BCUT2D eigenvalue weighted by atomic mass is 32.2. The summed E-state index contributed by atoms with van der Waals surface area (Å²) in [5, 5.41) is 2.91. The van der Waals surface area contributed by atoms with E-state index in [0.29, 0.717) is 5.92 Å². The van der Waals surface area contributed by atoms with Gasteiger partial charge in [-0.1, -0.05) is 0 Å². The fraction of sp³-hybridized carbons (Fsp3) is 0.333. The molecule has 0 saturated carbocycles. The molecular formula is C18H21N3O2S. The Balaban J connectivity index is 1.54. The minimum absolute atomic E-state index is 0.0754. The summed E-state index contributed by atoms with van der Waals surface area (Å²) in [7, 11) is -1.00. The van der Waals surface area contributed by atoms with Crippen LogP contribution in [0.2, 0.25) is 0 Å². The number of piperidine rings is 1. The number of likely N-dealkylation sites (tertiary alicyclic amines) is 1. The van der Waals surface area contributed by atoms with E-state index in [1.807, 2.05) is 17.3 Å². The van der Waals surface area contributed by atoms with E-state index in [2.05, 4.69) is 22.4 Å². The quantitative estimate of drug-likeness (QED) is 0.931. The molecule has 24 heavy (non-hydrogen) atoms. The number of amides is 2. The molecule has 1 aliphatic heterocycles. The first-order chi connectivity index (χ1) is 11.6. The van der Waals surface area contributed by atoms with Crippen molar-refractivity contribution in [2.75, 3.05) is 24.7 Å². The van der Waals surface area contributed by atoms with Crippen molar-refractivity contribution < 1.29 is 9.00 Å². The first-order valence-electron chi connectivity index (χ1n) is 8.03. The maximum atomic E-state index is 12.4. The summed E-state index contributed by atoms with van der Waals surface area (Å²) in [6.07, 6.45) is 7.21. The Morgan fingerprint density at radius 3 is 2.33 bits per heavy atom. The lowest BCUT2D eigenvalue weighted by atomic mass is 9.90. The summed E-state index contributed by atoms with van der Waals surface area (Å²) in [5.41, 5.74) is 2.03. The molecule has 0 spiro atoms. The number of carbonyl (C=O) groups is 1. The molecule has 0 bridgehead atoms. The molecule has 1 N–H and O–H groups in total.